The molecule has 3 heterocycles. The summed E-state index contributed by atoms with van der Waals surface area (Å²) in [5.41, 5.74) is 2.46. The molecule has 0 aromatic carbocycles. The minimum atomic E-state index is -0.137. The van der Waals surface area contributed by atoms with E-state index < -0.39 is 0 Å². The van der Waals surface area contributed by atoms with Gasteiger partial charge in [0.15, 0.2) is 0 Å². The van der Waals surface area contributed by atoms with Crippen LogP contribution in [-0.4, -0.2) is 50.5 Å². The van der Waals surface area contributed by atoms with Crippen molar-refractivity contribution in [2.24, 2.45) is 13.0 Å². The molecule has 7 heteroatoms. The zero-order chi connectivity index (χ0) is 16.4. The van der Waals surface area contributed by atoms with Gasteiger partial charge >= 0.3 is 0 Å². The molecule has 1 atom stereocenters. The van der Waals surface area contributed by atoms with Crippen LogP contribution in [-0.2, 0) is 18.2 Å². The summed E-state index contributed by atoms with van der Waals surface area (Å²) in [6.45, 7) is 5.88. The molecule has 0 bridgehead atoms. The molecule has 7 nitrogen and oxygen atoms in total. The molecule has 1 saturated heterocycles. The quantitative estimate of drug-likeness (QED) is 0.928. The average molecular weight is 317 g/mol. The predicted molar refractivity (Wildman–Crippen MR) is 84.9 cm³/mol. The van der Waals surface area contributed by atoms with Crippen LogP contribution in [0.1, 0.15) is 41.8 Å². The van der Waals surface area contributed by atoms with Crippen LogP contribution in [0.3, 0.4) is 0 Å². The number of aromatic amines is 1. The van der Waals surface area contributed by atoms with Crippen LogP contribution in [0.2, 0.25) is 0 Å². The number of carbonyl (C=O) groups is 1. The monoisotopic (exact) mass is 317 g/mol. The van der Waals surface area contributed by atoms with Crippen LogP contribution in [0.4, 0.5) is 0 Å². The van der Waals surface area contributed by atoms with Crippen LogP contribution in [0, 0.1) is 5.92 Å². The Morgan fingerprint density at radius 2 is 2.35 bits per heavy atom. The summed E-state index contributed by atoms with van der Waals surface area (Å²) in [5.74, 6) is 0.492. The summed E-state index contributed by atoms with van der Waals surface area (Å²) in [6.07, 6.45) is 2.56. The number of nitrogens with zero attached hydrogens (tertiary/aromatic N) is 4. The second-order valence-electron chi connectivity index (χ2n) is 6.34. The van der Waals surface area contributed by atoms with Gasteiger partial charge in [0.05, 0.1) is 30.6 Å². The number of nitrogens with one attached hydrogen (secondary N) is 1. The number of aromatic nitrogens is 4. The molecule has 1 amide bonds. The Balaban J connectivity index is 1.84. The average Bonchev–Trinajstić information content (AvgIpc) is 3.16. The summed E-state index contributed by atoms with van der Waals surface area (Å²) in [7, 11) is 1.82. The van der Waals surface area contributed by atoms with Crippen molar-refractivity contribution in [2.45, 2.75) is 26.3 Å². The Kier molecular flexibility index (Phi) is 4.47. The van der Waals surface area contributed by atoms with E-state index in [4.69, 9.17) is 4.74 Å². The lowest BCUT2D eigenvalue weighted by Gasteiger charge is -2.34. The first-order valence-electron chi connectivity index (χ1n) is 7.97. The number of hydrogen-bond donors (Lipinski definition) is 1. The van der Waals surface area contributed by atoms with Crippen LogP contribution < -0.4 is 0 Å². The summed E-state index contributed by atoms with van der Waals surface area (Å²) < 4.78 is 7.23. The van der Waals surface area contributed by atoms with E-state index in [0.29, 0.717) is 31.4 Å². The van der Waals surface area contributed by atoms with Gasteiger partial charge in [-0.25, -0.2) is 0 Å². The zero-order valence-corrected chi connectivity index (χ0v) is 13.8. The molecule has 2 aromatic rings. The van der Waals surface area contributed by atoms with E-state index in [0.717, 1.165) is 17.8 Å². The highest BCUT2D eigenvalue weighted by Crippen LogP contribution is 2.24. The Morgan fingerprint density at radius 1 is 1.52 bits per heavy atom. The number of ether oxygens (including phenoxy) is 1. The molecule has 1 aliphatic rings. The van der Waals surface area contributed by atoms with Crippen LogP contribution in [0.5, 0.6) is 0 Å². The van der Waals surface area contributed by atoms with Crippen molar-refractivity contribution in [1.82, 2.24) is 24.9 Å². The third-order valence-electron chi connectivity index (χ3n) is 4.04. The molecule has 1 fully saturated rings. The minimum Gasteiger partial charge on any atom is -0.377 e. The van der Waals surface area contributed by atoms with Gasteiger partial charge in [0.25, 0.3) is 5.91 Å². The normalized spacial score (nSPS) is 18.6. The molecule has 0 unspecified atom stereocenters. The summed E-state index contributed by atoms with van der Waals surface area (Å²) in [4.78, 5) is 14.8. The van der Waals surface area contributed by atoms with Gasteiger partial charge in [0, 0.05) is 19.8 Å². The van der Waals surface area contributed by atoms with Crippen molar-refractivity contribution in [3.8, 4) is 0 Å². The molecule has 124 valence electrons. The summed E-state index contributed by atoms with van der Waals surface area (Å²) >= 11 is 0. The van der Waals surface area contributed by atoms with E-state index in [1.165, 1.54) is 0 Å². The fourth-order valence-corrected chi connectivity index (χ4v) is 2.95. The minimum absolute atomic E-state index is 0.0158. The first-order valence-corrected chi connectivity index (χ1v) is 7.97. The second-order valence-corrected chi connectivity index (χ2v) is 6.34. The Morgan fingerprint density at radius 3 is 3.04 bits per heavy atom. The Labute approximate surface area is 135 Å². The largest absolute Gasteiger partial charge is 0.377 e. The van der Waals surface area contributed by atoms with E-state index in [1.54, 1.807) is 10.9 Å². The molecule has 0 saturated carbocycles. The predicted octanol–water partition coefficient (Wildman–Crippen LogP) is 1.56. The fourth-order valence-electron chi connectivity index (χ4n) is 2.95. The number of amides is 1. The lowest BCUT2D eigenvalue weighted by atomic mass is 10.1. The smallest absolute Gasteiger partial charge is 0.272 e. The van der Waals surface area contributed by atoms with Crippen molar-refractivity contribution < 1.29 is 9.53 Å². The van der Waals surface area contributed by atoms with Gasteiger partial charge in [0.2, 0.25) is 0 Å². The fraction of sp³-hybridized carbons (Fsp3) is 0.562. The Bertz CT molecular complexity index is 662. The van der Waals surface area contributed by atoms with Gasteiger partial charge in [-0.15, -0.1) is 0 Å². The molecule has 3 rings (SSSR count). The maximum atomic E-state index is 13.0. The highest BCUT2D eigenvalue weighted by Gasteiger charge is 2.31. The van der Waals surface area contributed by atoms with E-state index in [2.05, 4.69) is 29.1 Å². The zero-order valence-electron chi connectivity index (χ0n) is 13.8. The Hall–Kier alpha value is -2.15. The third kappa shape index (κ3) is 3.29. The second kappa shape index (κ2) is 6.54. The van der Waals surface area contributed by atoms with E-state index >= 15 is 0 Å². The van der Waals surface area contributed by atoms with Crippen molar-refractivity contribution in [2.75, 3.05) is 19.8 Å². The van der Waals surface area contributed by atoms with Crippen LogP contribution in [0.25, 0.3) is 0 Å². The van der Waals surface area contributed by atoms with Crippen molar-refractivity contribution in [3.05, 3.63) is 35.4 Å². The number of hydrogen-bond acceptors (Lipinski definition) is 4. The van der Waals surface area contributed by atoms with Crippen molar-refractivity contribution in [3.63, 3.8) is 0 Å². The number of carbonyl (C=O) groups excluding carboxylic acids is 1. The first kappa shape index (κ1) is 15.7. The summed E-state index contributed by atoms with van der Waals surface area (Å²) in [6, 6.07) is 3.65. The van der Waals surface area contributed by atoms with Gasteiger partial charge in [-0.05, 0) is 24.5 Å². The highest BCUT2D eigenvalue weighted by molar-refractivity contribution is 5.93. The number of rotatable bonds is 4. The SMILES string of the molecule is CC(C)Cc1cc(C(=O)N2CCOC[C@@H]2c2ccn[nH]2)n(C)n1. The maximum absolute atomic E-state index is 13.0. The molecule has 0 radical (unpaired) electrons. The summed E-state index contributed by atoms with van der Waals surface area (Å²) in [5, 5.41) is 11.4. The van der Waals surface area contributed by atoms with Crippen molar-refractivity contribution in [1.29, 1.82) is 0 Å². The van der Waals surface area contributed by atoms with Gasteiger partial charge in [0.1, 0.15) is 5.69 Å². The van der Waals surface area contributed by atoms with Gasteiger partial charge in [-0.3, -0.25) is 14.6 Å². The van der Waals surface area contributed by atoms with Crippen LogP contribution >= 0.6 is 0 Å². The topological polar surface area (TPSA) is 76.0 Å². The van der Waals surface area contributed by atoms with Gasteiger partial charge in [-0.2, -0.15) is 10.2 Å². The van der Waals surface area contributed by atoms with E-state index in [1.807, 2.05) is 24.1 Å². The molecule has 0 aliphatic carbocycles. The maximum Gasteiger partial charge on any atom is 0.272 e. The van der Waals surface area contributed by atoms with Gasteiger partial charge < -0.3 is 9.64 Å². The molecule has 0 spiro atoms. The third-order valence-corrected chi connectivity index (χ3v) is 4.04. The van der Waals surface area contributed by atoms with E-state index in [-0.39, 0.29) is 11.9 Å². The van der Waals surface area contributed by atoms with Crippen LogP contribution in [0.15, 0.2) is 18.3 Å². The molecule has 23 heavy (non-hydrogen) atoms. The van der Waals surface area contributed by atoms with Gasteiger partial charge in [-0.1, -0.05) is 13.8 Å². The molecular formula is C16H23N5O2. The molecule has 1 N–H and O–H groups in total. The number of H-pyrrole nitrogens is 1. The molecule has 1 aliphatic heterocycles. The first-order chi connectivity index (χ1) is 11.1. The van der Waals surface area contributed by atoms with Crippen molar-refractivity contribution >= 4 is 5.91 Å². The molecule has 2 aromatic heterocycles. The number of morpholine rings is 1. The van der Waals surface area contributed by atoms with E-state index in [9.17, 15) is 4.79 Å². The molecular weight excluding hydrogens is 294 g/mol. The number of aryl methyl sites for hydroxylation is 1. The lowest BCUT2D eigenvalue weighted by Crippen LogP contribution is -2.44. The highest BCUT2D eigenvalue weighted by atomic mass is 16.5. The standard InChI is InChI=1S/C16H23N5O2/c1-11(2)8-12-9-14(20(3)19-12)16(22)21-6-7-23-10-15(21)13-4-5-17-18-13/h4-5,9,11,15H,6-8,10H2,1-3H3,(H,17,18)/t15-/m1/s1. The lowest BCUT2D eigenvalue weighted by molar-refractivity contribution is -0.00447.